The van der Waals surface area contributed by atoms with Crippen molar-refractivity contribution in [3.8, 4) is 0 Å². The van der Waals surface area contributed by atoms with Gasteiger partial charge in [0.1, 0.15) is 16.1 Å². The Hall–Kier alpha value is -1.38. The highest BCUT2D eigenvalue weighted by atomic mass is 28.2. The van der Waals surface area contributed by atoms with Crippen LogP contribution >= 0.6 is 0 Å². The van der Waals surface area contributed by atoms with Gasteiger partial charge in [0.2, 0.25) is 0 Å². The molecule has 1 nitrogen and oxygen atoms in total. The van der Waals surface area contributed by atoms with Gasteiger partial charge in [0.25, 0.3) is 0 Å². The molecule has 0 aromatic heterocycles. The molecule has 0 spiro atoms. The second-order valence-electron chi connectivity index (χ2n) is 4.86. The molecule has 0 heterocycles. The molecule has 3 aliphatic carbocycles. The number of rotatable bonds is 4. The van der Waals surface area contributed by atoms with Crippen molar-refractivity contribution < 1.29 is 4.43 Å². The molecule has 0 unspecified atom stereocenters. The Morgan fingerprint density at radius 1 is 0.778 bits per heavy atom. The lowest BCUT2D eigenvalue weighted by molar-refractivity contribution is 0.196. The summed E-state index contributed by atoms with van der Waals surface area (Å²) in [4.78, 5) is 0. The van der Waals surface area contributed by atoms with E-state index in [9.17, 15) is 0 Å². The fourth-order valence-electron chi connectivity index (χ4n) is 3.14. The van der Waals surface area contributed by atoms with Gasteiger partial charge in [-0.2, -0.15) is 0 Å². The van der Waals surface area contributed by atoms with E-state index < -0.39 is 0 Å². The summed E-state index contributed by atoms with van der Waals surface area (Å²) in [6.07, 6.45) is 22.8. The number of hydrogen-bond donors (Lipinski definition) is 0. The van der Waals surface area contributed by atoms with Gasteiger partial charge in [0, 0.05) is 0 Å². The lowest BCUT2D eigenvalue weighted by Gasteiger charge is -2.38. The monoisotopic (exact) mass is 254 g/mol. The predicted octanol–water partition coefficient (Wildman–Crippen LogP) is 2.68. The minimum absolute atomic E-state index is 0.261. The number of hydrogen-bond acceptors (Lipinski definition) is 1. The van der Waals surface area contributed by atoms with Crippen molar-refractivity contribution >= 4 is 10.5 Å². The maximum atomic E-state index is 6.20. The highest BCUT2D eigenvalue weighted by molar-refractivity contribution is 5.99. The Labute approximate surface area is 111 Å². The zero-order valence-electron chi connectivity index (χ0n) is 10.7. The largest absolute Gasteiger partial charge is 0.412 e. The van der Waals surface area contributed by atoms with Crippen LogP contribution in [0.3, 0.4) is 0 Å². The van der Waals surface area contributed by atoms with Crippen molar-refractivity contribution in [1.82, 2.24) is 0 Å². The highest BCUT2D eigenvalue weighted by Gasteiger charge is 2.41. The molecule has 0 N–H and O–H groups in total. The smallest absolute Gasteiger partial charge is 0.148 e. The summed E-state index contributed by atoms with van der Waals surface area (Å²) in [5, 5.41) is 0. The van der Waals surface area contributed by atoms with Gasteiger partial charge < -0.3 is 4.43 Å². The van der Waals surface area contributed by atoms with Gasteiger partial charge in [-0.3, -0.25) is 0 Å². The van der Waals surface area contributed by atoms with Gasteiger partial charge >= 0.3 is 0 Å². The van der Waals surface area contributed by atoms with Crippen LogP contribution in [0, 0.1) is 0 Å². The van der Waals surface area contributed by atoms with E-state index in [-0.39, 0.29) is 5.60 Å². The SMILES string of the molecule is [SiH3]OC(C1=CC=CC1)(C1=CC=CC1)C1=CC=CC1. The molecule has 0 aromatic rings. The van der Waals surface area contributed by atoms with Crippen molar-refractivity contribution in [3.63, 3.8) is 0 Å². The second-order valence-corrected chi connectivity index (χ2v) is 5.27. The van der Waals surface area contributed by atoms with Crippen LogP contribution in [0.25, 0.3) is 0 Å². The quantitative estimate of drug-likeness (QED) is 0.701. The second kappa shape index (κ2) is 4.71. The highest BCUT2D eigenvalue weighted by Crippen LogP contribution is 2.45. The first-order valence-electron chi connectivity index (χ1n) is 6.51. The molecule has 0 saturated heterocycles. The Bertz CT molecular complexity index is 455. The van der Waals surface area contributed by atoms with E-state index in [2.05, 4.69) is 54.7 Å². The fraction of sp³-hybridized carbons (Fsp3) is 0.250. The minimum Gasteiger partial charge on any atom is -0.412 e. The molecule has 3 rings (SSSR count). The molecule has 0 amide bonds. The first-order chi connectivity index (χ1) is 8.88. The van der Waals surface area contributed by atoms with Gasteiger partial charge in [-0.1, -0.05) is 54.7 Å². The van der Waals surface area contributed by atoms with E-state index in [0.29, 0.717) is 0 Å². The van der Waals surface area contributed by atoms with Crippen molar-refractivity contribution in [2.24, 2.45) is 0 Å². The molecule has 18 heavy (non-hydrogen) atoms. The molecule has 0 radical (unpaired) electrons. The average Bonchev–Trinajstić information content (AvgIpc) is 3.16. The van der Waals surface area contributed by atoms with Crippen LogP contribution in [0.15, 0.2) is 71.4 Å². The zero-order valence-corrected chi connectivity index (χ0v) is 12.7. The lowest BCUT2D eigenvalue weighted by Crippen LogP contribution is -2.38. The van der Waals surface area contributed by atoms with Gasteiger partial charge in [-0.05, 0) is 36.0 Å². The van der Waals surface area contributed by atoms with Crippen molar-refractivity contribution in [1.29, 1.82) is 0 Å². The summed E-state index contributed by atoms with van der Waals surface area (Å²) in [7, 11) is 0.745. The van der Waals surface area contributed by atoms with Crippen molar-refractivity contribution in [2.75, 3.05) is 0 Å². The first-order valence-corrected chi connectivity index (χ1v) is 7.33. The molecule has 0 saturated carbocycles. The number of allylic oxidation sites excluding steroid dienone is 9. The third kappa shape index (κ3) is 1.64. The molecule has 92 valence electrons. The average molecular weight is 254 g/mol. The summed E-state index contributed by atoms with van der Waals surface area (Å²) in [6.45, 7) is 0. The molecule has 0 atom stereocenters. The van der Waals surface area contributed by atoms with Crippen LogP contribution < -0.4 is 0 Å². The maximum Gasteiger partial charge on any atom is 0.148 e. The van der Waals surface area contributed by atoms with Crippen molar-refractivity contribution in [3.05, 3.63) is 71.4 Å². The molecule has 0 aliphatic heterocycles. The van der Waals surface area contributed by atoms with E-state index in [1.165, 1.54) is 16.7 Å². The molecule has 2 heteroatoms. The minimum atomic E-state index is -0.261. The van der Waals surface area contributed by atoms with E-state index in [1.807, 2.05) is 0 Å². The summed E-state index contributed by atoms with van der Waals surface area (Å²) in [5.74, 6) is 0. The van der Waals surface area contributed by atoms with Crippen LogP contribution in [0.1, 0.15) is 19.3 Å². The van der Waals surface area contributed by atoms with E-state index in [1.54, 1.807) is 0 Å². The van der Waals surface area contributed by atoms with Gasteiger partial charge in [-0.25, -0.2) is 0 Å². The van der Waals surface area contributed by atoms with Crippen LogP contribution in [0.2, 0.25) is 0 Å². The van der Waals surface area contributed by atoms with Crippen LogP contribution in [-0.4, -0.2) is 16.1 Å². The standard InChI is InChI=1S/C16H18OSi/c18-17-16(13-7-1-2-8-13,14-9-3-4-10-14)15-11-5-6-12-15/h1-7,9,11H,8,10,12H2,18H3. The van der Waals surface area contributed by atoms with Crippen LogP contribution in [0.4, 0.5) is 0 Å². The Kier molecular flexibility index (Phi) is 3.06. The van der Waals surface area contributed by atoms with Crippen LogP contribution in [0.5, 0.6) is 0 Å². The third-order valence-corrected chi connectivity index (χ3v) is 4.59. The summed E-state index contributed by atoms with van der Waals surface area (Å²) in [6, 6.07) is 0. The topological polar surface area (TPSA) is 9.23 Å². The fourth-order valence-corrected chi connectivity index (χ4v) is 3.92. The lowest BCUT2D eigenvalue weighted by atomic mass is 9.77. The molecule has 3 aliphatic rings. The van der Waals surface area contributed by atoms with Gasteiger partial charge in [0.15, 0.2) is 0 Å². The van der Waals surface area contributed by atoms with Gasteiger partial charge in [0.05, 0.1) is 0 Å². The molecular weight excluding hydrogens is 236 g/mol. The van der Waals surface area contributed by atoms with Gasteiger partial charge in [-0.15, -0.1) is 0 Å². The maximum absolute atomic E-state index is 6.20. The predicted molar refractivity (Wildman–Crippen MR) is 79.3 cm³/mol. The normalized spacial score (nSPS) is 21.7. The Morgan fingerprint density at radius 3 is 1.39 bits per heavy atom. The molecular formula is C16H18OSi. The van der Waals surface area contributed by atoms with Crippen molar-refractivity contribution in [2.45, 2.75) is 24.9 Å². The third-order valence-electron chi connectivity index (χ3n) is 3.98. The first kappa shape index (κ1) is 11.7. The summed E-state index contributed by atoms with van der Waals surface area (Å²) in [5.41, 5.74) is 3.91. The van der Waals surface area contributed by atoms with E-state index >= 15 is 0 Å². The molecule has 0 fully saturated rings. The zero-order chi connectivity index (χ0) is 12.4. The Balaban J connectivity index is 2.06. The summed E-state index contributed by atoms with van der Waals surface area (Å²) < 4.78 is 6.20. The molecule has 0 aromatic carbocycles. The summed E-state index contributed by atoms with van der Waals surface area (Å²) >= 11 is 0. The van der Waals surface area contributed by atoms with E-state index in [4.69, 9.17) is 4.43 Å². The Morgan fingerprint density at radius 2 is 1.17 bits per heavy atom. The van der Waals surface area contributed by atoms with Crippen LogP contribution in [-0.2, 0) is 4.43 Å². The van der Waals surface area contributed by atoms with E-state index in [0.717, 1.165) is 29.7 Å². The molecule has 0 bridgehead atoms.